The number of nitrogens with zero attached hydrogens (tertiary/aromatic N) is 3. The number of ether oxygens (including phenoxy) is 1. The molecule has 0 amide bonds. The summed E-state index contributed by atoms with van der Waals surface area (Å²) in [6.07, 6.45) is 1.60. The topological polar surface area (TPSA) is 98.8 Å². The van der Waals surface area contributed by atoms with Crippen molar-refractivity contribution in [2.24, 2.45) is 0 Å². The smallest absolute Gasteiger partial charge is 0.280 e. The zero-order valence-corrected chi connectivity index (χ0v) is 9.90. The van der Waals surface area contributed by atoms with Crippen LogP contribution in [0.4, 0.5) is 5.95 Å². The van der Waals surface area contributed by atoms with Crippen molar-refractivity contribution in [1.29, 1.82) is 0 Å². The van der Waals surface area contributed by atoms with E-state index in [1.54, 1.807) is 18.1 Å². The first-order valence-corrected chi connectivity index (χ1v) is 6.09. The number of aromatic amines is 1. The fourth-order valence-corrected chi connectivity index (χ4v) is 2.86. The van der Waals surface area contributed by atoms with Crippen molar-refractivity contribution < 1.29 is 4.74 Å². The molecule has 0 saturated carbocycles. The van der Waals surface area contributed by atoms with Crippen molar-refractivity contribution in [3.8, 4) is 0 Å². The molecule has 3 heterocycles. The number of rotatable bonds is 1. The molecule has 2 aromatic rings. The first kappa shape index (κ1) is 10.6. The monoisotopic (exact) mass is 253 g/mol. The molecule has 0 radical (unpaired) electrons. The molecule has 0 spiro atoms. The summed E-state index contributed by atoms with van der Waals surface area (Å²) in [5, 5.41) is 0.0868. The van der Waals surface area contributed by atoms with E-state index in [4.69, 9.17) is 10.5 Å². The van der Waals surface area contributed by atoms with Gasteiger partial charge in [-0.3, -0.25) is 14.3 Å². The zero-order chi connectivity index (χ0) is 12.0. The molecule has 2 aromatic heterocycles. The van der Waals surface area contributed by atoms with Gasteiger partial charge in [0.05, 0.1) is 12.9 Å². The summed E-state index contributed by atoms with van der Waals surface area (Å²) in [5.41, 5.74) is 6.16. The van der Waals surface area contributed by atoms with Crippen molar-refractivity contribution in [2.75, 3.05) is 12.3 Å². The summed E-state index contributed by atoms with van der Waals surface area (Å²) in [7, 11) is 0. The Kier molecular flexibility index (Phi) is 2.33. The van der Waals surface area contributed by atoms with Crippen LogP contribution in [-0.2, 0) is 4.74 Å². The molecule has 90 valence electrons. The molecular weight excluding hydrogens is 242 g/mol. The number of anilines is 1. The van der Waals surface area contributed by atoms with Crippen molar-refractivity contribution >= 4 is 28.9 Å². The third-order valence-corrected chi connectivity index (χ3v) is 3.78. The lowest BCUT2D eigenvalue weighted by Gasteiger charge is -2.09. The van der Waals surface area contributed by atoms with Crippen LogP contribution in [0.25, 0.3) is 11.2 Å². The highest BCUT2D eigenvalue weighted by Gasteiger charge is 2.26. The molecule has 2 atom stereocenters. The van der Waals surface area contributed by atoms with E-state index < -0.39 is 0 Å². The molecule has 2 unspecified atom stereocenters. The minimum absolute atomic E-state index is 0.0868. The lowest BCUT2D eigenvalue weighted by molar-refractivity contribution is 0.137. The van der Waals surface area contributed by atoms with E-state index in [1.165, 1.54) is 0 Å². The molecule has 3 N–H and O–H groups in total. The minimum atomic E-state index is -0.316. The van der Waals surface area contributed by atoms with Crippen LogP contribution < -0.4 is 11.3 Å². The second-order valence-corrected chi connectivity index (χ2v) is 5.25. The van der Waals surface area contributed by atoms with E-state index in [1.807, 2.05) is 11.5 Å². The number of hydrogen-bond donors (Lipinski definition) is 2. The SMILES string of the molecule is CC1OCC(n2cnc3c(=O)[nH]c(N)nc32)S1. The Morgan fingerprint density at radius 2 is 2.53 bits per heavy atom. The van der Waals surface area contributed by atoms with E-state index >= 15 is 0 Å². The maximum atomic E-state index is 11.6. The van der Waals surface area contributed by atoms with Gasteiger partial charge in [-0.15, -0.1) is 11.8 Å². The molecule has 1 aliphatic rings. The third kappa shape index (κ3) is 1.69. The minimum Gasteiger partial charge on any atom is -0.369 e. The predicted molar refractivity (Wildman–Crippen MR) is 64.6 cm³/mol. The highest BCUT2D eigenvalue weighted by Crippen LogP contribution is 2.36. The second-order valence-electron chi connectivity index (χ2n) is 3.77. The van der Waals surface area contributed by atoms with Gasteiger partial charge in [0, 0.05) is 0 Å². The Labute approximate surface area is 100 Å². The molecular formula is C9H11N5O2S. The average molecular weight is 253 g/mol. The van der Waals surface area contributed by atoms with E-state index in [-0.39, 0.29) is 22.3 Å². The van der Waals surface area contributed by atoms with E-state index in [9.17, 15) is 4.79 Å². The van der Waals surface area contributed by atoms with Crippen LogP contribution >= 0.6 is 11.8 Å². The Balaban J connectivity index is 2.15. The highest BCUT2D eigenvalue weighted by molar-refractivity contribution is 8.00. The summed E-state index contributed by atoms with van der Waals surface area (Å²) >= 11 is 1.66. The summed E-state index contributed by atoms with van der Waals surface area (Å²) in [5.74, 6) is 0.0983. The molecule has 1 aliphatic heterocycles. The standard InChI is InChI=1S/C9H11N5O2S/c1-4-16-2-5(17-4)14-3-11-6-7(14)12-9(10)13-8(6)15/h3-5H,2H2,1H3,(H3,10,12,13,15). The van der Waals surface area contributed by atoms with Gasteiger partial charge in [-0.05, 0) is 6.92 Å². The van der Waals surface area contributed by atoms with E-state index in [0.29, 0.717) is 17.8 Å². The van der Waals surface area contributed by atoms with Crippen molar-refractivity contribution in [3.63, 3.8) is 0 Å². The number of fused-ring (bicyclic) bond motifs is 1. The molecule has 0 bridgehead atoms. The molecule has 0 aliphatic carbocycles. The summed E-state index contributed by atoms with van der Waals surface area (Å²) in [6.45, 7) is 2.56. The number of nitrogen functional groups attached to an aromatic ring is 1. The molecule has 1 fully saturated rings. The first-order valence-electron chi connectivity index (χ1n) is 5.14. The van der Waals surface area contributed by atoms with Gasteiger partial charge < -0.3 is 10.5 Å². The Hall–Kier alpha value is -1.54. The molecule has 17 heavy (non-hydrogen) atoms. The van der Waals surface area contributed by atoms with Gasteiger partial charge in [-0.25, -0.2) is 4.98 Å². The van der Waals surface area contributed by atoms with Crippen molar-refractivity contribution in [1.82, 2.24) is 19.5 Å². The Morgan fingerprint density at radius 3 is 3.24 bits per heavy atom. The van der Waals surface area contributed by atoms with E-state index in [0.717, 1.165) is 0 Å². The third-order valence-electron chi connectivity index (χ3n) is 2.58. The maximum Gasteiger partial charge on any atom is 0.280 e. The zero-order valence-electron chi connectivity index (χ0n) is 9.08. The number of hydrogen-bond acceptors (Lipinski definition) is 6. The fourth-order valence-electron chi connectivity index (χ4n) is 1.82. The fraction of sp³-hybridized carbons (Fsp3) is 0.444. The Morgan fingerprint density at radius 1 is 1.71 bits per heavy atom. The average Bonchev–Trinajstić information content (AvgIpc) is 2.83. The summed E-state index contributed by atoms with van der Waals surface area (Å²) in [4.78, 5) is 22.2. The van der Waals surface area contributed by atoms with Gasteiger partial charge in [0.2, 0.25) is 5.95 Å². The summed E-state index contributed by atoms with van der Waals surface area (Å²) < 4.78 is 7.30. The van der Waals surface area contributed by atoms with Crippen LogP contribution in [0.5, 0.6) is 0 Å². The summed E-state index contributed by atoms with van der Waals surface area (Å²) in [6, 6.07) is 0. The van der Waals surface area contributed by atoms with E-state index in [2.05, 4.69) is 15.0 Å². The van der Waals surface area contributed by atoms with Gasteiger partial charge in [-0.2, -0.15) is 4.98 Å². The van der Waals surface area contributed by atoms with Gasteiger partial charge in [0.25, 0.3) is 5.56 Å². The van der Waals surface area contributed by atoms with Crippen LogP contribution in [0.1, 0.15) is 12.3 Å². The molecule has 3 rings (SSSR count). The predicted octanol–water partition coefficient (Wildman–Crippen LogP) is 0.310. The van der Waals surface area contributed by atoms with Crippen LogP contribution in [-0.4, -0.2) is 31.6 Å². The molecule has 7 nitrogen and oxygen atoms in total. The van der Waals surface area contributed by atoms with Crippen LogP contribution in [0.15, 0.2) is 11.1 Å². The number of thioether (sulfide) groups is 1. The van der Waals surface area contributed by atoms with Crippen LogP contribution in [0.2, 0.25) is 0 Å². The molecule has 0 aromatic carbocycles. The normalized spacial score (nSPS) is 24.5. The number of aromatic nitrogens is 4. The van der Waals surface area contributed by atoms with Gasteiger partial charge in [-0.1, -0.05) is 0 Å². The molecule has 8 heteroatoms. The van der Waals surface area contributed by atoms with Crippen molar-refractivity contribution in [3.05, 3.63) is 16.7 Å². The van der Waals surface area contributed by atoms with Crippen LogP contribution in [0, 0.1) is 0 Å². The Bertz CT molecular complexity index is 621. The second kappa shape index (κ2) is 3.74. The van der Waals surface area contributed by atoms with Crippen molar-refractivity contribution in [2.45, 2.75) is 17.7 Å². The lowest BCUT2D eigenvalue weighted by Crippen LogP contribution is -2.13. The maximum absolute atomic E-state index is 11.6. The largest absolute Gasteiger partial charge is 0.369 e. The number of nitrogens with one attached hydrogen (secondary N) is 1. The first-order chi connectivity index (χ1) is 8.15. The van der Waals surface area contributed by atoms with Gasteiger partial charge in [0.15, 0.2) is 11.2 Å². The number of imidazole rings is 1. The number of H-pyrrole nitrogens is 1. The molecule has 1 saturated heterocycles. The lowest BCUT2D eigenvalue weighted by atomic mass is 10.5. The quantitative estimate of drug-likeness (QED) is 0.759. The van der Waals surface area contributed by atoms with Crippen LogP contribution in [0.3, 0.4) is 0 Å². The van der Waals surface area contributed by atoms with Gasteiger partial charge >= 0.3 is 0 Å². The number of nitrogens with two attached hydrogens (primary N) is 1. The van der Waals surface area contributed by atoms with Gasteiger partial charge in [0.1, 0.15) is 10.8 Å². The highest BCUT2D eigenvalue weighted by atomic mass is 32.2.